The zero-order chi connectivity index (χ0) is 18.1. The molecule has 2 aromatic heterocycles. The summed E-state index contributed by atoms with van der Waals surface area (Å²) in [7, 11) is 1.64. The molecule has 2 aromatic carbocycles. The summed E-state index contributed by atoms with van der Waals surface area (Å²) in [4.78, 5) is 0. The summed E-state index contributed by atoms with van der Waals surface area (Å²) in [6.45, 7) is 2.01. The molecule has 0 aliphatic rings. The molecule has 0 amide bonds. The maximum atomic E-state index is 6.09. The topological polar surface area (TPSA) is 88.9 Å². The number of hydrogen-bond donors (Lipinski definition) is 2. The third kappa shape index (κ3) is 3.09. The molecule has 0 aliphatic carbocycles. The summed E-state index contributed by atoms with van der Waals surface area (Å²) in [5.41, 5.74) is 2.61. The molecular weight excluding hydrogens is 354 g/mol. The van der Waals surface area contributed by atoms with Crippen LogP contribution in [0, 0.1) is 0 Å². The summed E-state index contributed by atoms with van der Waals surface area (Å²) in [5, 5.41) is 19.5. The van der Waals surface area contributed by atoms with Crippen molar-refractivity contribution in [3.05, 3.63) is 53.2 Å². The number of methoxy groups -OCH3 is 1. The van der Waals surface area contributed by atoms with Crippen LogP contribution in [0.2, 0.25) is 5.15 Å². The highest BCUT2D eigenvalue weighted by atomic mass is 35.5. The molecule has 0 saturated carbocycles. The van der Waals surface area contributed by atoms with E-state index in [2.05, 4.69) is 25.7 Å². The summed E-state index contributed by atoms with van der Waals surface area (Å²) >= 11 is 6.09. The number of halogens is 1. The number of aromatic amines is 1. The molecule has 4 aromatic rings. The van der Waals surface area contributed by atoms with Crippen molar-refractivity contribution in [1.29, 1.82) is 0 Å². The van der Waals surface area contributed by atoms with Gasteiger partial charge in [0.15, 0.2) is 0 Å². The van der Waals surface area contributed by atoms with Crippen molar-refractivity contribution < 1.29 is 9.15 Å². The zero-order valence-corrected chi connectivity index (χ0v) is 14.9. The Bertz CT molecular complexity index is 1060. The van der Waals surface area contributed by atoms with E-state index in [9.17, 15) is 0 Å². The smallest absolute Gasteiger partial charge is 0.316 e. The van der Waals surface area contributed by atoms with E-state index in [0.717, 1.165) is 27.8 Å². The number of aromatic nitrogens is 4. The van der Waals surface area contributed by atoms with Crippen LogP contribution >= 0.6 is 11.6 Å². The van der Waals surface area contributed by atoms with Crippen molar-refractivity contribution in [2.24, 2.45) is 0 Å². The third-order valence-electron chi connectivity index (χ3n) is 4.11. The first-order valence-corrected chi connectivity index (χ1v) is 8.40. The van der Waals surface area contributed by atoms with Crippen molar-refractivity contribution in [2.75, 3.05) is 12.4 Å². The SMILES string of the molecule is COc1cccc([C@@H](C)Nc2nnc(-c3ccc4n[nH]c(Cl)c4c3)o2)c1. The standard InChI is InChI=1S/C18H16ClN5O2/c1-10(11-4-3-5-13(8-11)25-2)20-18-24-23-17(26-18)12-6-7-15-14(9-12)16(19)22-21-15/h3-10H,1-2H3,(H,20,24)(H,21,22)/t10-/m1/s1. The Balaban J connectivity index is 1.56. The minimum absolute atomic E-state index is 0.0239. The van der Waals surface area contributed by atoms with Crippen LogP contribution in [0.4, 0.5) is 6.01 Å². The molecule has 0 unspecified atom stereocenters. The molecule has 1 atom stereocenters. The summed E-state index contributed by atoms with van der Waals surface area (Å²) in [6.07, 6.45) is 0. The number of nitrogens with zero attached hydrogens (tertiary/aromatic N) is 3. The molecule has 0 spiro atoms. The van der Waals surface area contributed by atoms with E-state index in [0.29, 0.717) is 17.1 Å². The van der Waals surface area contributed by atoms with E-state index in [1.807, 2.05) is 49.4 Å². The highest BCUT2D eigenvalue weighted by Gasteiger charge is 2.14. The number of rotatable bonds is 5. The van der Waals surface area contributed by atoms with Gasteiger partial charge in [0.25, 0.3) is 0 Å². The fourth-order valence-corrected chi connectivity index (χ4v) is 2.88. The van der Waals surface area contributed by atoms with Gasteiger partial charge in [-0.1, -0.05) is 28.8 Å². The first-order valence-electron chi connectivity index (χ1n) is 8.02. The van der Waals surface area contributed by atoms with Gasteiger partial charge in [-0.25, -0.2) is 0 Å². The first-order chi connectivity index (χ1) is 12.6. The lowest BCUT2D eigenvalue weighted by atomic mass is 10.1. The van der Waals surface area contributed by atoms with Gasteiger partial charge in [0.1, 0.15) is 10.9 Å². The van der Waals surface area contributed by atoms with Crippen molar-refractivity contribution in [1.82, 2.24) is 20.4 Å². The highest BCUT2D eigenvalue weighted by Crippen LogP contribution is 2.28. The predicted octanol–water partition coefficient (Wildman–Crippen LogP) is 4.45. The molecule has 2 heterocycles. The maximum Gasteiger partial charge on any atom is 0.316 e. The van der Waals surface area contributed by atoms with Crippen molar-refractivity contribution in [3.8, 4) is 17.2 Å². The Morgan fingerprint density at radius 2 is 2.08 bits per heavy atom. The molecule has 26 heavy (non-hydrogen) atoms. The van der Waals surface area contributed by atoms with Gasteiger partial charge in [-0.15, -0.1) is 5.10 Å². The Morgan fingerprint density at radius 3 is 2.92 bits per heavy atom. The average Bonchev–Trinajstić information content (AvgIpc) is 3.28. The van der Waals surface area contributed by atoms with Gasteiger partial charge in [0.05, 0.1) is 18.7 Å². The Hall–Kier alpha value is -3.06. The first kappa shape index (κ1) is 16.4. The predicted molar refractivity (Wildman–Crippen MR) is 99.4 cm³/mol. The molecular formula is C18H16ClN5O2. The Kier molecular flexibility index (Phi) is 4.22. The minimum atomic E-state index is -0.0239. The van der Waals surface area contributed by atoms with Crippen molar-refractivity contribution >= 4 is 28.5 Å². The van der Waals surface area contributed by atoms with E-state index >= 15 is 0 Å². The summed E-state index contributed by atoms with van der Waals surface area (Å²) in [6, 6.07) is 13.7. The molecule has 0 aliphatic heterocycles. The van der Waals surface area contributed by atoms with Crippen LogP contribution in [0.15, 0.2) is 46.9 Å². The monoisotopic (exact) mass is 369 g/mol. The third-order valence-corrected chi connectivity index (χ3v) is 4.40. The Morgan fingerprint density at radius 1 is 1.19 bits per heavy atom. The molecule has 7 nitrogen and oxygen atoms in total. The largest absolute Gasteiger partial charge is 0.497 e. The second-order valence-corrected chi connectivity index (χ2v) is 6.20. The van der Waals surface area contributed by atoms with Gasteiger partial charge >= 0.3 is 6.01 Å². The lowest BCUT2D eigenvalue weighted by Gasteiger charge is -2.13. The zero-order valence-electron chi connectivity index (χ0n) is 14.2. The fraction of sp³-hybridized carbons (Fsp3) is 0.167. The molecule has 0 fully saturated rings. The molecule has 132 valence electrons. The second-order valence-electron chi connectivity index (χ2n) is 5.82. The fourth-order valence-electron chi connectivity index (χ4n) is 2.69. The quantitative estimate of drug-likeness (QED) is 0.540. The van der Waals surface area contributed by atoms with Gasteiger partial charge in [0.2, 0.25) is 5.89 Å². The molecule has 0 radical (unpaired) electrons. The second kappa shape index (κ2) is 6.68. The number of fused-ring (bicyclic) bond motifs is 1. The van der Waals surface area contributed by atoms with Gasteiger partial charge in [-0.05, 0) is 42.8 Å². The number of H-pyrrole nitrogens is 1. The van der Waals surface area contributed by atoms with Crippen LogP contribution < -0.4 is 10.1 Å². The molecule has 4 rings (SSSR count). The van der Waals surface area contributed by atoms with E-state index < -0.39 is 0 Å². The number of ether oxygens (including phenoxy) is 1. The van der Waals surface area contributed by atoms with E-state index in [4.69, 9.17) is 20.8 Å². The van der Waals surface area contributed by atoms with Crippen LogP contribution in [0.5, 0.6) is 5.75 Å². The van der Waals surface area contributed by atoms with Gasteiger partial charge in [0, 0.05) is 10.9 Å². The number of anilines is 1. The average molecular weight is 370 g/mol. The van der Waals surface area contributed by atoms with Crippen LogP contribution in [0.1, 0.15) is 18.5 Å². The molecule has 8 heteroatoms. The molecule has 2 N–H and O–H groups in total. The summed E-state index contributed by atoms with van der Waals surface area (Å²) in [5.74, 6) is 1.21. The summed E-state index contributed by atoms with van der Waals surface area (Å²) < 4.78 is 11.0. The van der Waals surface area contributed by atoms with Crippen LogP contribution in [0.25, 0.3) is 22.4 Å². The minimum Gasteiger partial charge on any atom is -0.497 e. The van der Waals surface area contributed by atoms with Crippen LogP contribution in [-0.4, -0.2) is 27.5 Å². The van der Waals surface area contributed by atoms with E-state index in [1.165, 1.54) is 0 Å². The van der Waals surface area contributed by atoms with Gasteiger partial charge in [-0.2, -0.15) is 5.10 Å². The molecule has 0 saturated heterocycles. The maximum absolute atomic E-state index is 6.09. The Labute approximate surface area is 154 Å². The van der Waals surface area contributed by atoms with Gasteiger partial charge in [-0.3, -0.25) is 5.10 Å². The number of nitrogens with one attached hydrogen (secondary N) is 2. The highest BCUT2D eigenvalue weighted by molar-refractivity contribution is 6.34. The van der Waals surface area contributed by atoms with Crippen molar-refractivity contribution in [3.63, 3.8) is 0 Å². The van der Waals surface area contributed by atoms with E-state index in [-0.39, 0.29) is 6.04 Å². The van der Waals surface area contributed by atoms with E-state index in [1.54, 1.807) is 7.11 Å². The lowest BCUT2D eigenvalue weighted by Crippen LogP contribution is -2.06. The van der Waals surface area contributed by atoms with Gasteiger partial charge < -0.3 is 14.5 Å². The number of benzene rings is 2. The van der Waals surface area contributed by atoms with Crippen LogP contribution in [-0.2, 0) is 0 Å². The lowest BCUT2D eigenvalue weighted by molar-refractivity contribution is 0.414. The van der Waals surface area contributed by atoms with Crippen molar-refractivity contribution in [2.45, 2.75) is 13.0 Å². The molecule has 0 bridgehead atoms. The normalized spacial score (nSPS) is 12.3. The van der Waals surface area contributed by atoms with Crippen LogP contribution in [0.3, 0.4) is 0 Å². The number of hydrogen-bond acceptors (Lipinski definition) is 6.